The minimum absolute atomic E-state index is 0.164. The molecule has 2 aromatic carbocycles. The van der Waals surface area contributed by atoms with E-state index in [2.05, 4.69) is 0 Å². The minimum atomic E-state index is -1.55. The van der Waals surface area contributed by atoms with Crippen LogP contribution in [0.1, 0.15) is 10.4 Å². The highest BCUT2D eigenvalue weighted by atomic mass is 35.5. The molecule has 9 heteroatoms. The van der Waals surface area contributed by atoms with Gasteiger partial charge in [0.15, 0.2) is 0 Å². The summed E-state index contributed by atoms with van der Waals surface area (Å²) in [6.45, 7) is -0.566. The molecule has 0 amide bonds. The van der Waals surface area contributed by atoms with E-state index in [1.165, 1.54) is 18.2 Å². The quantitative estimate of drug-likeness (QED) is 0.490. The molecule has 0 spiro atoms. The lowest BCUT2D eigenvalue weighted by Crippen LogP contribution is -2.60. The molecule has 0 radical (unpaired) electrons. The molecule has 5 N–H and O–H groups in total. The number of hydrogen-bond acceptors (Lipinski definition) is 7. The third-order valence-corrected chi connectivity index (χ3v) is 4.78. The Morgan fingerprint density at radius 3 is 2.21 bits per heavy atom. The van der Waals surface area contributed by atoms with E-state index in [0.717, 1.165) is 5.56 Å². The summed E-state index contributed by atoms with van der Waals surface area (Å²) in [6.07, 6.45) is -7.01. The molecule has 1 aliphatic rings. The number of rotatable bonds is 5. The fourth-order valence-electron chi connectivity index (χ4n) is 2.87. The van der Waals surface area contributed by atoms with Crippen molar-refractivity contribution in [2.45, 2.75) is 30.7 Å². The number of aliphatic hydroxyl groups is 4. The van der Waals surface area contributed by atoms with Crippen molar-refractivity contribution in [3.05, 3.63) is 53.1 Å². The first-order valence-corrected chi connectivity index (χ1v) is 8.80. The van der Waals surface area contributed by atoms with Gasteiger partial charge in [-0.25, -0.2) is 4.79 Å². The largest absolute Gasteiger partial charge is 0.478 e. The van der Waals surface area contributed by atoms with Gasteiger partial charge < -0.3 is 35.0 Å². The molecular formula is C19H19ClO8. The first-order chi connectivity index (χ1) is 13.3. The normalized spacial score (nSPS) is 27.4. The van der Waals surface area contributed by atoms with Crippen molar-refractivity contribution in [2.75, 3.05) is 6.61 Å². The molecule has 28 heavy (non-hydrogen) atoms. The van der Waals surface area contributed by atoms with Crippen LogP contribution < -0.4 is 4.74 Å². The maximum atomic E-state index is 10.9. The maximum Gasteiger partial charge on any atom is 0.335 e. The predicted molar refractivity (Wildman–Crippen MR) is 98.2 cm³/mol. The molecule has 1 heterocycles. The fourth-order valence-corrected chi connectivity index (χ4v) is 3.10. The third kappa shape index (κ3) is 4.12. The van der Waals surface area contributed by atoms with E-state index >= 15 is 0 Å². The van der Waals surface area contributed by atoms with Crippen LogP contribution in [0.4, 0.5) is 0 Å². The number of aromatic carboxylic acids is 1. The van der Waals surface area contributed by atoms with Crippen LogP contribution in [0.25, 0.3) is 11.1 Å². The van der Waals surface area contributed by atoms with Gasteiger partial charge in [0.2, 0.25) is 6.29 Å². The lowest BCUT2D eigenvalue weighted by molar-refractivity contribution is -0.277. The molecule has 2 unspecified atom stereocenters. The van der Waals surface area contributed by atoms with Crippen LogP contribution in [0.2, 0.25) is 5.02 Å². The third-order valence-electron chi connectivity index (χ3n) is 4.49. The first kappa shape index (κ1) is 20.5. The summed E-state index contributed by atoms with van der Waals surface area (Å²) >= 11 is 6.25. The molecule has 2 aromatic rings. The Bertz CT molecular complexity index is 838. The standard InChI is InChI=1S/C19H19ClO8/c20-12-7-11(9-1-3-10(4-2-9)18(25)26)5-6-13(12)27-19-17(24)16(23)15(22)14(8-21)28-19/h1-7,14-17,19,21-24H,8H2,(H,25,26)/t14?,15-,16?,17-,19+/m1/s1. The van der Waals surface area contributed by atoms with E-state index in [4.69, 9.17) is 26.2 Å². The van der Waals surface area contributed by atoms with Gasteiger partial charge in [-0.3, -0.25) is 0 Å². The molecule has 0 aliphatic carbocycles. The summed E-state index contributed by atoms with van der Waals surface area (Å²) in [6, 6.07) is 11.1. The molecule has 1 fully saturated rings. The molecule has 1 aliphatic heterocycles. The van der Waals surface area contributed by atoms with Crippen LogP contribution in [0.15, 0.2) is 42.5 Å². The van der Waals surface area contributed by atoms with E-state index in [0.29, 0.717) is 5.56 Å². The van der Waals surface area contributed by atoms with Gasteiger partial charge in [0.25, 0.3) is 0 Å². The average Bonchev–Trinajstić information content (AvgIpc) is 2.69. The highest BCUT2D eigenvalue weighted by Crippen LogP contribution is 2.33. The Morgan fingerprint density at radius 2 is 1.64 bits per heavy atom. The number of ether oxygens (including phenoxy) is 2. The Labute approximate surface area is 165 Å². The van der Waals surface area contributed by atoms with E-state index in [-0.39, 0.29) is 16.3 Å². The van der Waals surface area contributed by atoms with Crippen LogP contribution in [0, 0.1) is 0 Å². The zero-order valence-electron chi connectivity index (χ0n) is 14.5. The summed E-state index contributed by atoms with van der Waals surface area (Å²) in [5.41, 5.74) is 1.62. The van der Waals surface area contributed by atoms with Crippen LogP contribution in [-0.2, 0) is 4.74 Å². The van der Waals surface area contributed by atoms with Gasteiger partial charge in [-0.15, -0.1) is 0 Å². The number of benzene rings is 2. The second-order valence-corrected chi connectivity index (χ2v) is 6.75. The molecule has 5 atom stereocenters. The van der Waals surface area contributed by atoms with Crippen LogP contribution in [-0.4, -0.2) is 68.8 Å². The summed E-state index contributed by atoms with van der Waals surface area (Å²) in [7, 11) is 0. The highest BCUT2D eigenvalue weighted by molar-refractivity contribution is 6.32. The lowest BCUT2D eigenvalue weighted by atomic mass is 9.99. The zero-order chi connectivity index (χ0) is 20.4. The van der Waals surface area contributed by atoms with Crippen molar-refractivity contribution in [3.8, 4) is 16.9 Å². The van der Waals surface area contributed by atoms with Crippen LogP contribution in [0.5, 0.6) is 5.75 Å². The summed E-state index contributed by atoms with van der Waals surface area (Å²) in [4.78, 5) is 10.9. The van der Waals surface area contributed by atoms with E-state index in [1.54, 1.807) is 24.3 Å². The van der Waals surface area contributed by atoms with Crippen molar-refractivity contribution < 1.29 is 39.8 Å². The zero-order valence-corrected chi connectivity index (χ0v) is 15.2. The number of aliphatic hydroxyl groups excluding tert-OH is 4. The van der Waals surface area contributed by atoms with Crippen molar-refractivity contribution in [1.29, 1.82) is 0 Å². The maximum absolute atomic E-state index is 10.9. The second-order valence-electron chi connectivity index (χ2n) is 6.34. The van der Waals surface area contributed by atoms with Crippen molar-refractivity contribution in [2.24, 2.45) is 0 Å². The Balaban J connectivity index is 1.78. The lowest BCUT2D eigenvalue weighted by Gasteiger charge is -2.39. The number of carbonyl (C=O) groups is 1. The molecule has 8 nitrogen and oxygen atoms in total. The van der Waals surface area contributed by atoms with E-state index < -0.39 is 43.3 Å². The molecule has 150 valence electrons. The van der Waals surface area contributed by atoms with Gasteiger partial charge in [0, 0.05) is 0 Å². The molecular weight excluding hydrogens is 392 g/mol. The van der Waals surface area contributed by atoms with Gasteiger partial charge in [-0.2, -0.15) is 0 Å². The van der Waals surface area contributed by atoms with Gasteiger partial charge in [-0.1, -0.05) is 29.8 Å². The second kappa shape index (κ2) is 8.44. The molecule has 3 rings (SSSR count). The molecule has 1 saturated heterocycles. The van der Waals surface area contributed by atoms with E-state index in [1.807, 2.05) is 0 Å². The SMILES string of the molecule is O=C(O)c1ccc(-c2ccc(O[C@H]3OC(CO)[C@@H](O)C(O)[C@H]3O)c(Cl)c2)cc1. The minimum Gasteiger partial charge on any atom is -0.478 e. The Morgan fingerprint density at radius 1 is 1.00 bits per heavy atom. The Hall–Kier alpha value is -2.20. The first-order valence-electron chi connectivity index (χ1n) is 8.42. The van der Waals surface area contributed by atoms with Crippen LogP contribution in [0.3, 0.4) is 0 Å². The van der Waals surface area contributed by atoms with E-state index in [9.17, 15) is 25.2 Å². The van der Waals surface area contributed by atoms with Crippen molar-refractivity contribution >= 4 is 17.6 Å². The predicted octanol–water partition coefficient (Wildman–Crippen LogP) is 0.884. The summed E-state index contributed by atoms with van der Waals surface area (Å²) < 4.78 is 10.8. The number of carboxylic acids is 1. The van der Waals surface area contributed by atoms with Gasteiger partial charge in [-0.05, 0) is 35.4 Å². The van der Waals surface area contributed by atoms with Gasteiger partial charge >= 0.3 is 5.97 Å². The van der Waals surface area contributed by atoms with Crippen LogP contribution >= 0.6 is 11.6 Å². The molecule has 0 saturated carbocycles. The topological polar surface area (TPSA) is 137 Å². The monoisotopic (exact) mass is 410 g/mol. The van der Waals surface area contributed by atoms with Gasteiger partial charge in [0.05, 0.1) is 17.2 Å². The number of hydrogen-bond donors (Lipinski definition) is 5. The fraction of sp³-hybridized carbons (Fsp3) is 0.316. The number of halogens is 1. The van der Waals surface area contributed by atoms with Gasteiger partial charge in [0.1, 0.15) is 30.2 Å². The average molecular weight is 411 g/mol. The summed E-state index contributed by atoms with van der Waals surface area (Å²) in [5, 5.41) is 48.0. The van der Waals surface area contributed by atoms with Crippen molar-refractivity contribution in [1.82, 2.24) is 0 Å². The molecule has 0 aromatic heterocycles. The molecule has 0 bridgehead atoms. The number of carboxylic acid groups (broad SMARTS) is 1. The van der Waals surface area contributed by atoms with Crippen molar-refractivity contribution in [3.63, 3.8) is 0 Å². The smallest absolute Gasteiger partial charge is 0.335 e. The Kier molecular flexibility index (Phi) is 6.19. The highest BCUT2D eigenvalue weighted by Gasteiger charge is 2.44. The summed E-state index contributed by atoms with van der Waals surface area (Å²) in [5.74, 6) is -0.857.